The Bertz CT molecular complexity index is 332. The van der Waals surface area contributed by atoms with Gasteiger partial charge in [0.1, 0.15) is 6.54 Å². The molecule has 0 saturated heterocycles. The van der Waals surface area contributed by atoms with Gasteiger partial charge in [0.2, 0.25) is 5.91 Å². The molecule has 0 saturated carbocycles. The molecule has 110 valence electrons. The van der Waals surface area contributed by atoms with Crippen LogP contribution >= 0.6 is 0 Å². The van der Waals surface area contributed by atoms with E-state index in [1.165, 1.54) is 7.05 Å². The Hall–Kier alpha value is -1.83. The number of carbonyl (C=O) groups is 3. The van der Waals surface area contributed by atoms with E-state index in [0.717, 1.165) is 4.90 Å². The molecule has 0 bridgehead atoms. The average Bonchev–Trinajstić information content (AvgIpc) is 2.32. The molecule has 8 nitrogen and oxygen atoms in total. The minimum Gasteiger partial charge on any atom is -0.480 e. The number of hydrogen-bond acceptors (Lipinski definition) is 4. The Morgan fingerprint density at radius 1 is 1.26 bits per heavy atom. The third-order valence-corrected chi connectivity index (χ3v) is 2.21. The minimum absolute atomic E-state index is 0.184. The first kappa shape index (κ1) is 17.2. The summed E-state index contributed by atoms with van der Waals surface area (Å²) in [5.74, 6) is -1.37. The smallest absolute Gasteiger partial charge is 0.328 e. The van der Waals surface area contributed by atoms with Crippen LogP contribution in [0.3, 0.4) is 0 Å². The molecule has 0 unspecified atom stereocenters. The predicted molar refractivity (Wildman–Crippen MR) is 67.5 cm³/mol. The fraction of sp³-hybridized carbons (Fsp3) is 0.727. The zero-order chi connectivity index (χ0) is 15.0. The van der Waals surface area contributed by atoms with Crippen LogP contribution in [0.25, 0.3) is 0 Å². The van der Waals surface area contributed by atoms with Gasteiger partial charge >= 0.3 is 12.0 Å². The zero-order valence-electron chi connectivity index (χ0n) is 11.3. The highest BCUT2D eigenvalue weighted by molar-refractivity contribution is 5.86. The molecule has 0 aromatic rings. The summed E-state index contributed by atoms with van der Waals surface area (Å²) in [6.07, 6.45) is 0. The van der Waals surface area contributed by atoms with Crippen LogP contribution in [0.15, 0.2) is 0 Å². The van der Waals surface area contributed by atoms with Crippen molar-refractivity contribution in [2.75, 3.05) is 26.7 Å². The second-order valence-electron chi connectivity index (χ2n) is 4.58. The summed E-state index contributed by atoms with van der Waals surface area (Å²) in [4.78, 5) is 34.7. The number of nitrogens with zero attached hydrogens (tertiary/aromatic N) is 1. The van der Waals surface area contributed by atoms with Gasteiger partial charge in [-0.3, -0.25) is 4.79 Å². The second kappa shape index (κ2) is 8.30. The van der Waals surface area contributed by atoms with Crippen molar-refractivity contribution in [2.24, 2.45) is 5.92 Å². The minimum atomic E-state index is -1.38. The lowest BCUT2D eigenvalue weighted by Gasteiger charge is -2.20. The van der Waals surface area contributed by atoms with Crippen molar-refractivity contribution in [3.05, 3.63) is 0 Å². The van der Waals surface area contributed by atoms with Crippen molar-refractivity contribution < 1.29 is 24.6 Å². The Morgan fingerprint density at radius 2 is 1.84 bits per heavy atom. The number of aliphatic hydroxyl groups excluding tert-OH is 1. The fourth-order valence-corrected chi connectivity index (χ4v) is 1.11. The molecule has 0 heterocycles. The lowest BCUT2D eigenvalue weighted by molar-refractivity contribution is -0.140. The van der Waals surface area contributed by atoms with Gasteiger partial charge in [-0.05, 0) is 5.92 Å². The third kappa shape index (κ3) is 7.24. The zero-order valence-corrected chi connectivity index (χ0v) is 11.3. The number of nitrogens with one attached hydrogen (secondary N) is 2. The molecule has 0 aromatic carbocycles. The number of rotatable bonds is 7. The van der Waals surface area contributed by atoms with Crippen molar-refractivity contribution in [1.82, 2.24) is 15.5 Å². The van der Waals surface area contributed by atoms with E-state index in [4.69, 9.17) is 10.2 Å². The summed E-state index contributed by atoms with van der Waals surface area (Å²) in [6.45, 7) is 3.48. The van der Waals surface area contributed by atoms with E-state index in [1.807, 2.05) is 13.8 Å². The number of carboxylic acid groups (broad SMARTS) is 1. The van der Waals surface area contributed by atoms with Crippen molar-refractivity contribution in [1.29, 1.82) is 0 Å². The van der Waals surface area contributed by atoms with Crippen LogP contribution in [-0.4, -0.2) is 65.8 Å². The van der Waals surface area contributed by atoms with Crippen LogP contribution in [0.1, 0.15) is 13.8 Å². The lowest BCUT2D eigenvalue weighted by Crippen LogP contribution is -2.50. The number of amides is 3. The van der Waals surface area contributed by atoms with Gasteiger partial charge in [0.05, 0.1) is 6.61 Å². The van der Waals surface area contributed by atoms with Crippen molar-refractivity contribution in [3.63, 3.8) is 0 Å². The maximum absolute atomic E-state index is 11.6. The summed E-state index contributed by atoms with van der Waals surface area (Å²) < 4.78 is 0. The molecular formula is C11H21N3O5. The molecular weight excluding hydrogens is 254 g/mol. The molecule has 0 aliphatic rings. The number of aliphatic carboxylic acids is 1. The number of likely N-dealkylation sites (N-methyl/N-ethyl adjacent to an activating group) is 1. The van der Waals surface area contributed by atoms with Crippen molar-refractivity contribution in [2.45, 2.75) is 19.9 Å². The highest BCUT2D eigenvalue weighted by Crippen LogP contribution is 1.91. The fourth-order valence-electron chi connectivity index (χ4n) is 1.11. The molecule has 8 heteroatoms. The molecule has 0 rings (SSSR count). The van der Waals surface area contributed by atoms with Crippen LogP contribution in [0.2, 0.25) is 0 Å². The Balaban J connectivity index is 4.19. The number of aliphatic hydroxyl groups is 1. The Kier molecular flexibility index (Phi) is 7.50. The maximum atomic E-state index is 11.6. The van der Waals surface area contributed by atoms with Gasteiger partial charge in [0, 0.05) is 13.6 Å². The van der Waals surface area contributed by atoms with E-state index in [0.29, 0.717) is 12.5 Å². The highest BCUT2D eigenvalue weighted by atomic mass is 16.4. The van der Waals surface area contributed by atoms with Crippen molar-refractivity contribution >= 4 is 17.9 Å². The summed E-state index contributed by atoms with van der Waals surface area (Å²) in [7, 11) is 1.36. The van der Waals surface area contributed by atoms with Gasteiger partial charge in [0.15, 0.2) is 6.04 Å². The molecule has 1 atom stereocenters. The van der Waals surface area contributed by atoms with Gasteiger partial charge in [-0.1, -0.05) is 13.8 Å². The van der Waals surface area contributed by atoms with Crippen molar-refractivity contribution in [3.8, 4) is 0 Å². The van der Waals surface area contributed by atoms with Gasteiger partial charge in [-0.25, -0.2) is 9.59 Å². The SMILES string of the molecule is CC(C)CNC(=O)CN(C)C(=O)N[C@@H](CO)C(=O)O. The molecule has 3 amide bonds. The topological polar surface area (TPSA) is 119 Å². The number of hydrogen-bond donors (Lipinski definition) is 4. The van der Waals surface area contributed by atoms with Gasteiger partial charge in [0.25, 0.3) is 0 Å². The van der Waals surface area contributed by atoms with Gasteiger partial charge in [-0.2, -0.15) is 0 Å². The van der Waals surface area contributed by atoms with E-state index < -0.39 is 24.6 Å². The normalized spacial score (nSPS) is 11.8. The number of urea groups is 1. The van der Waals surface area contributed by atoms with Crippen LogP contribution in [0, 0.1) is 5.92 Å². The first-order chi connectivity index (χ1) is 8.77. The predicted octanol–water partition coefficient (Wildman–Crippen LogP) is -1.15. The molecule has 19 heavy (non-hydrogen) atoms. The van der Waals surface area contributed by atoms with Crippen LogP contribution < -0.4 is 10.6 Å². The maximum Gasteiger partial charge on any atom is 0.328 e. The second-order valence-corrected chi connectivity index (χ2v) is 4.58. The molecule has 0 spiro atoms. The average molecular weight is 275 g/mol. The Labute approximate surface area is 111 Å². The molecule has 0 aliphatic carbocycles. The van der Waals surface area contributed by atoms with Crippen LogP contribution in [0.4, 0.5) is 4.79 Å². The molecule has 0 radical (unpaired) electrons. The van der Waals surface area contributed by atoms with E-state index in [9.17, 15) is 14.4 Å². The number of carbonyl (C=O) groups excluding carboxylic acids is 2. The quantitative estimate of drug-likeness (QED) is 0.467. The molecule has 0 aromatic heterocycles. The van der Waals surface area contributed by atoms with E-state index in [2.05, 4.69) is 10.6 Å². The van der Waals surface area contributed by atoms with Crippen LogP contribution in [0.5, 0.6) is 0 Å². The summed E-state index contributed by atoms with van der Waals surface area (Å²) in [5.41, 5.74) is 0. The molecule has 0 fully saturated rings. The first-order valence-corrected chi connectivity index (χ1v) is 5.89. The van der Waals surface area contributed by atoms with Gasteiger partial charge < -0.3 is 25.7 Å². The first-order valence-electron chi connectivity index (χ1n) is 5.89. The van der Waals surface area contributed by atoms with E-state index in [1.54, 1.807) is 0 Å². The van der Waals surface area contributed by atoms with Gasteiger partial charge in [-0.15, -0.1) is 0 Å². The highest BCUT2D eigenvalue weighted by Gasteiger charge is 2.21. The molecule has 0 aliphatic heterocycles. The largest absolute Gasteiger partial charge is 0.480 e. The Morgan fingerprint density at radius 3 is 2.26 bits per heavy atom. The third-order valence-electron chi connectivity index (χ3n) is 2.21. The van der Waals surface area contributed by atoms with E-state index in [-0.39, 0.29) is 12.5 Å². The summed E-state index contributed by atoms with van der Waals surface area (Å²) >= 11 is 0. The lowest BCUT2D eigenvalue weighted by atomic mass is 10.2. The standard InChI is InChI=1S/C11H21N3O5/c1-7(2)4-12-9(16)5-14(3)11(19)13-8(6-15)10(17)18/h7-8,15H,4-6H2,1-3H3,(H,12,16)(H,13,19)(H,17,18)/t8-/m0/s1. The number of carboxylic acids is 1. The summed E-state index contributed by atoms with van der Waals surface area (Å²) in [5, 5.41) is 22.1. The van der Waals surface area contributed by atoms with Crippen LogP contribution in [-0.2, 0) is 9.59 Å². The monoisotopic (exact) mass is 275 g/mol. The summed E-state index contributed by atoms with van der Waals surface area (Å²) in [6, 6.07) is -2.12. The molecule has 4 N–H and O–H groups in total. The van der Waals surface area contributed by atoms with E-state index >= 15 is 0 Å².